The summed E-state index contributed by atoms with van der Waals surface area (Å²) in [4.78, 5) is 32.3. The van der Waals surface area contributed by atoms with Crippen molar-refractivity contribution in [1.29, 1.82) is 0 Å². The first kappa shape index (κ1) is 22.5. The third kappa shape index (κ3) is 4.05. The van der Waals surface area contributed by atoms with Gasteiger partial charge in [0.2, 0.25) is 0 Å². The molecule has 11 heteroatoms. The molecule has 2 aromatic heterocycles. The summed E-state index contributed by atoms with van der Waals surface area (Å²) >= 11 is 0. The number of carbonyl (C=O) groups excluding carboxylic acids is 2. The molecule has 3 rings (SSSR count). The van der Waals surface area contributed by atoms with Crippen LogP contribution >= 0.6 is 0 Å². The predicted octanol–water partition coefficient (Wildman–Crippen LogP) is 2.66. The van der Waals surface area contributed by atoms with Crippen LogP contribution in [0.5, 0.6) is 5.75 Å². The average Bonchev–Trinajstić information content (AvgIpc) is 3.00. The molecule has 1 saturated heterocycles. The first-order valence-corrected chi connectivity index (χ1v) is 9.29. The van der Waals surface area contributed by atoms with E-state index in [1.165, 1.54) is 38.6 Å². The fourth-order valence-electron chi connectivity index (χ4n) is 3.65. The summed E-state index contributed by atoms with van der Waals surface area (Å²) in [6.07, 6.45) is -3.62. The van der Waals surface area contributed by atoms with Gasteiger partial charge in [0.1, 0.15) is 17.5 Å². The Morgan fingerprint density at radius 1 is 1.26 bits per heavy atom. The number of pyridine rings is 2. The van der Waals surface area contributed by atoms with E-state index in [9.17, 15) is 22.8 Å². The van der Waals surface area contributed by atoms with E-state index >= 15 is 0 Å². The maximum Gasteiger partial charge on any atom is 0.417 e. The number of nitrogens with one attached hydrogen (secondary N) is 1. The van der Waals surface area contributed by atoms with E-state index in [4.69, 9.17) is 15.2 Å². The Morgan fingerprint density at radius 3 is 2.58 bits per heavy atom. The number of primary amides is 1. The number of halogens is 3. The summed E-state index contributed by atoms with van der Waals surface area (Å²) in [7, 11) is 1.36. The Balaban J connectivity index is 2.01. The molecular formula is C20H21F3N4O4. The highest BCUT2D eigenvalue weighted by Gasteiger charge is 2.66. The lowest BCUT2D eigenvalue weighted by Crippen LogP contribution is -2.47. The molecule has 1 aliphatic heterocycles. The van der Waals surface area contributed by atoms with Crippen LogP contribution in [0.4, 0.5) is 18.9 Å². The highest BCUT2D eigenvalue weighted by Crippen LogP contribution is 2.54. The highest BCUT2D eigenvalue weighted by molar-refractivity contribution is 5.97. The summed E-state index contributed by atoms with van der Waals surface area (Å²) in [5.41, 5.74) is 2.79. The van der Waals surface area contributed by atoms with E-state index in [0.717, 1.165) is 6.92 Å². The van der Waals surface area contributed by atoms with Crippen molar-refractivity contribution < 1.29 is 32.2 Å². The van der Waals surface area contributed by atoms with E-state index in [0.29, 0.717) is 0 Å². The highest BCUT2D eigenvalue weighted by atomic mass is 19.4. The first-order valence-electron chi connectivity index (χ1n) is 9.29. The number of hydrogen-bond donors (Lipinski definition) is 2. The fraction of sp³-hybridized carbons (Fsp3) is 0.400. The minimum atomic E-state index is -4.74. The quantitative estimate of drug-likeness (QED) is 0.742. The molecular weight excluding hydrogens is 417 g/mol. The maximum atomic E-state index is 13.9. The van der Waals surface area contributed by atoms with Crippen LogP contribution in [0.15, 0.2) is 36.7 Å². The molecule has 0 radical (unpaired) electrons. The molecule has 0 bridgehead atoms. The van der Waals surface area contributed by atoms with Crippen LogP contribution in [-0.2, 0) is 9.53 Å². The Bertz CT molecular complexity index is 1000. The summed E-state index contributed by atoms with van der Waals surface area (Å²) in [6, 6.07) is 5.72. The third-order valence-corrected chi connectivity index (χ3v) is 5.54. The standard InChI is InChI=1S/C20H21F3N4O4/c1-10-14(15-13(30-3)5-4-7-26-15)16(31-19(10,2)20(21,22)23)18(29)27-11-6-8-25-12(9-11)17(24)28/h4-10,14,16H,1-3H3,(H2,24,28)(H,25,27,29)/t10-,14-,16+,19-/m0/s1. The predicted molar refractivity (Wildman–Crippen MR) is 103 cm³/mol. The normalized spacial score (nSPS) is 25.8. The van der Waals surface area contributed by atoms with Gasteiger partial charge >= 0.3 is 6.18 Å². The number of ether oxygens (including phenoxy) is 2. The van der Waals surface area contributed by atoms with Gasteiger partial charge < -0.3 is 20.5 Å². The van der Waals surface area contributed by atoms with Gasteiger partial charge in [-0.15, -0.1) is 0 Å². The molecule has 2 amide bonds. The van der Waals surface area contributed by atoms with Crippen LogP contribution in [0, 0.1) is 5.92 Å². The van der Waals surface area contributed by atoms with Crippen LogP contribution in [0.1, 0.15) is 35.9 Å². The number of rotatable bonds is 5. The molecule has 2 aromatic rings. The number of anilines is 1. The molecule has 0 spiro atoms. The second kappa shape index (κ2) is 8.14. The molecule has 0 unspecified atom stereocenters. The van der Waals surface area contributed by atoms with Gasteiger partial charge in [0.05, 0.1) is 12.8 Å². The van der Waals surface area contributed by atoms with Crippen LogP contribution in [0.25, 0.3) is 0 Å². The lowest BCUT2D eigenvalue weighted by atomic mass is 9.78. The van der Waals surface area contributed by atoms with E-state index in [1.807, 2.05) is 0 Å². The van der Waals surface area contributed by atoms with E-state index in [-0.39, 0.29) is 22.8 Å². The van der Waals surface area contributed by atoms with Gasteiger partial charge in [-0.05, 0) is 31.2 Å². The largest absolute Gasteiger partial charge is 0.495 e. The smallest absolute Gasteiger partial charge is 0.417 e. The number of hydrogen-bond acceptors (Lipinski definition) is 6. The van der Waals surface area contributed by atoms with Crippen molar-refractivity contribution in [2.45, 2.75) is 37.6 Å². The summed E-state index contributed by atoms with van der Waals surface area (Å²) < 4.78 is 52.3. The zero-order valence-electron chi connectivity index (χ0n) is 16.9. The third-order valence-electron chi connectivity index (χ3n) is 5.54. The average molecular weight is 438 g/mol. The van der Waals surface area contributed by atoms with Crippen LogP contribution in [0.3, 0.4) is 0 Å². The second-order valence-corrected chi connectivity index (χ2v) is 7.33. The van der Waals surface area contributed by atoms with Crippen molar-refractivity contribution in [3.63, 3.8) is 0 Å². The number of methoxy groups -OCH3 is 1. The molecule has 4 atom stereocenters. The minimum Gasteiger partial charge on any atom is -0.495 e. The van der Waals surface area contributed by atoms with Gasteiger partial charge in [0.25, 0.3) is 11.8 Å². The monoisotopic (exact) mass is 438 g/mol. The Hall–Kier alpha value is -3.21. The molecule has 8 nitrogen and oxygen atoms in total. The Kier molecular flexibility index (Phi) is 5.90. The molecule has 0 saturated carbocycles. The van der Waals surface area contributed by atoms with Gasteiger partial charge in [-0.25, -0.2) is 0 Å². The fourth-order valence-corrected chi connectivity index (χ4v) is 3.65. The van der Waals surface area contributed by atoms with Crippen molar-refractivity contribution in [1.82, 2.24) is 9.97 Å². The molecule has 1 aliphatic rings. The van der Waals surface area contributed by atoms with Gasteiger partial charge in [0, 0.05) is 29.9 Å². The van der Waals surface area contributed by atoms with Crippen LogP contribution < -0.4 is 15.8 Å². The van der Waals surface area contributed by atoms with Crippen LogP contribution in [0.2, 0.25) is 0 Å². The zero-order chi connectivity index (χ0) is 23.0. The SMILES string of the molecule is COc1cccnc1[C@H]1[C@H](C(=O)Nc2ccnc(C(N)=O)c2)O[C@](C)(C(F)(F)F)[C@H]1C. The van der Waals surface area contributed by atoms with Crippen LogP contribution in [-0.4, -0.2) is 46.8 Å². The topological polar surface area (TPSA) is 116 Å². The lowest BCUT2D eigenvalue weighted by molar-refractivity contribution is -0.272. The number of nitrogens with two attached hydrogens (primary N) is 1. The zero-order valence-corrected chi connectivity index (χ0v) is 16.9. The maximum absolute atomic E-state index is 13.9. The minimum absolute atomic E-state index is 0.110. The van der Waals surface area contributed by atoms with Crippen molar-refractivity contribution >= 4 is 17.5 Å². The number of carbonyl (C=O) groups is 2. The van der Waals surface area contributed by atoms with E-state index < -0.39 is 41.5 Å². The molecule has 0 aliphatic carbocycles. The van der Waals surface area contributed by atoms with Crippen molar-refractivity contribution in [3.05, 3.63) is 48.0 Å². The molecule has 1 fully saturated rings. The lowest BCUT2D eigenvalue weighted by Gasteiger charge is -2.31. The van der Waals surface area contributed by atoms with Crippen molar-refractivity contribution in [2.24, 2.45) is 11.7 Å². The molecule has 3 N–H and O–H groups in total. The Morgan fingerprint density at radius 2 is 1.97 bits per heavy atom. The van der Waals surface area contributed by atoms with Crippen molar-refractivity contribution in [3.8, 4) is 5.75 Å². The van der Waals surface area contributed by atoms with Gasteiger partial charge in [-0.3, -0.25) is 19.6 Å². The molecule has 3 heterocycles. The first-order chi connectivity index (χ1) is 14.5. The van der Waals surface area contributed by atoms with Gasteiger partial charge in [0.15, 0.2) is 5.60 Å². The number of amides is 2. The second-order valence-electron chi connectivity index (χ2n) is 7.33. The van der Waals surface area contributed by atoms with Crippen molar-refractivity contribution in [2.75, 3.05) is 12.4 Å². The van der Waals surface area contributed by atoms with Gasteiger partial charge in [-0.1, -0.05) is 6.92 Å². The summed E-state index contributed by atoms with van der Waals surface area (Å²) in [5.74, 6) is -3.63. The summed E-state index contributed by atoms with van der Waals surface area (Å²) in [6.45, 7) is 2.27. The number of alkyl halides is 3. The van der Waals surface area contributed by atoms with E-state index in [2.05, 4.69) is 15.3 Å². The van der Waals surface area contributed by atoms with Gasteiger partial charge in [-0.2, -0.15) is 13.2 Å². The summed E-state index contributed by atoms with van der Waals surface area (Å²) in [5, 5.41) is 2.48. The molecule has 31 heavy (non-hydrogen) atoms. The molecule has 0 aromatic carbocycles. The number of aromatic nitrogens is 2. The molecule has 166 valence electrons. The Labute approximate surface area is 176 Å². The number of nitrogens with zero attached hydrogens (tertiary/aromatic N) is 2. The van der Waals surface area contributed by atoms with E-state index in [1.54, 1.807) is 12.1 Å².